The Labute approximate surface area is 118 Å². The molecule has 1 aromatic carbocycles. The zero-order valence-corrected chi connectivity index (χ0v) is 11.6. The first kappa shape index (κ1) is 14.4. The number of halogens is 1. The van der Waals surface area contributed by atoms with E-state index in [-0.39, 0.29) is 15.5 Å². The minimum atomic E-state index is -3.82. The van der Waals surface area contributed by atoms with Crippen molar-refractivity contribution in [1.82, 2.24) is 5.43 Å². The lowest BCUT2D eigenvalue weighted by molar-refractivity contribution is 0.0954. The molecule has 0 fully saturated rings. The molecule has 4 N–H and O–H groups in total. The van der Waals surface area contributed by atoms with Crippen molar-refractivity contribution in [3.05, 3.63) is 47.1 Å². The first-order valence-electron chi connectivity index (χ1n) is 5.31. The number of hydrogen-bond acceptors (Lipinski definition) is 5. The van der Waals surface area contributed by atoms with Crippen LogP contribution in [0.5, 0.6) is 0 Å². The molecule has 6 nitrogen and oxygen atoms in total. The molecule has 9 heteroatoms. The number of thiophene rings is 1. The molecule has 0 unspecified atom stereocenters. The molecule has 1 amide bonds. The maximum absolute atomic E-state index is 13.2. The molecule has 0 saturated heterocycles. The summed E-state index contributed by atoms with van der Waals surface area (Å²) in [5.74, 6) is 3.51. The van der Waals surface area contributed by atoms with Gasteiger partial charge in [-0.05, 0) is 29.6 Å². The third-order valence-electron chi connectivity index (χ3n) is 2.36. The van der Waals surface area contributed by atoms with Crippen LogP contribution in [0.25, 0.3) is 0 Å². The second-order valence-corrected chi connectivity index (χ2v) is 6.56. The number of nitrogens with two attached hydrogens (primary N) is 1. The maximum Gasteiger partial charge on any atom is 0.271 e. The number of sulfonamides is 1. The van der Waals surface area contributed by atoms with Gasteiger partial charge in [0, 0.05) is 0 Å². The summed E-state index contributed by atoms with van der Waals surface area (Å²) in [6.45, 7) is 0. The smallest absolute Gasteiger partial charge is 0.271 e. The van der Waals surface area contributed by atoms with Crippen molar-refractivity contribution >= 4 is 33.0 Å². The second kappa shape index (κ2) is 5.57. The highest BCUT2D eigenvalue weighted by Crippen LogP contribution is 2.23. The number of anilines is 1. The molecular weight excluding hydrogens is 305 g/mol. The van der Waals surface area contributed by atoms with E-state index in [2.05, 4.69) is 4.72 Å². The van der Waals surface area contributed by atoms with E-state index in [1.807, 2.05) is 5.43 Å². The number of benzene rings is 1. The molecule has 0 atom stereocenters. The first-order valence-corrected chi connectivity index (χ1v) is 7.67. The van der Waals surface area contributed by atoms with Crippen molar-refractivity contribution in [1.29, 1.82) is 0 Å². The molecule has 0 aliphatic rings. The summed E-state index contributed by atoms with van der Waals surface area (Å²) in [5.41, 5.74) is 1.58. The number of nitrogen functional groups attached to an aromatic ring is 1. The topological polar surface area (TPSA) is 101 Å². The van der Waals surface area contributed by atoms with Crippen LogP contribution in [0.2, 0.25) is 0 Å². The number of carbonyl (C=O) groups excluding carboxylic acids is 1. The van der Waals surface area contributed by atoms with Crippen LogP contribution in [-0.2, 0) is 10.0 Å². The van der Waals surface area contributed by atoms with E-state index in [0.717, 1.165) is 29.5 Å². The summed E-state index contributed by atoms with van der Waals surface area (Å²) in [6, 6.07) is 6.09. The van der Waals surface area contributed by atoms with Gasteiger partial charge < -0.3 is 0 Å². The van der Waals surface area contributed by atoms with Crippen LogP contribution in [0.1, 0.15) is 10.4 Å². The van der Waals surface area contributed by atoms with E-state index in [1.54, 1.807) is 11.4 Å². The largest absolute Gasteiger partial charge is 0.290 e. The van der Waals surface area contributed by atoms with Gasteiger partial charge in [-0.25, -0.2) is 18.7 Å². The highest BCUT2D eigenvalue weighted by Gasteiger charge is 2.19. The Morgan fingerprint density at radius 1 is 1.30 bits per heavy atom. The van der Waals surface area contributed by atoms with E-state index in [1.165, 1.54) is 6.07 Å². The summed E-state index contributed by atoms with van der Waals surface area (Å²) >= 11 is 1.02. The van der Waals surface area contributed by atoms with Gasteiger partial charge in [-0.2, -0.15) is 0 Å². The molecule has 20 heavy (non-hydrogen) atoms. The average molecular weight is 315 g/mol. The number of carbonyl (C=O) groups is 1. The molecule has 0 radical (unpaired) electrons. The molecule has 0 saturated carbocycles. The van der Waals surface area contributed by atoms with Gasteiger partial charge in [-0.3, -0.25) is 14.9 Å². The molecule has 2 rings (SSSR count). The van der Waals surface area contributed by atoms with Crippen LogP contribution in [-0.4, -0.2) is 14.3 Å². The normalized spacial score (nSPS) is 11.1. The number of hydrazine groups is 1. The van der Waals surface area contributed by atoms with Crippen LogP contribution in [0.15, 0.2) is 39.9 Å². The van der Waals surface area contributed by atoms with Gasteiger partial charge in [-0.1, -0.05) is 6.07 Å². The minimum absolute atomic E-state index is 0.0530. The zero-order chi connectivity index (χ0) is 14.8. The SMILES string of the molecule is NNC(=O)c1cc(F)ccc1NS(=O)(=O)c1cccs1. The molecule has 1 heterocycles. The fourth-order valence-corrected chi connectivity index (χ4v) is 3.56. The van der Waals surface area contributed by atoms with Crippen LogP contribution in [0, 0.1) is 5.82 Å². The Morgan fingerprint density at radius 2 is 2.05 bits per heavy atom. The van der Waals surface area contributed by atoms with Crippen molar-refractivity contribution in [2.24, 2.45) is 5.84 Å². The Morgan fingerprint density at radius 3 is 2.65 bits per heavy atom. The van der Waals surface area contributed by atoms with Crippen molar-refractivity contribution in [2.45, 2.75) is 4.21 Å². The zero-order valence-electron chi connectivity index (χ0n) is 9.96. The molecule has 0 spiro atoms. The lowest BCUT2D eigenvalue weighted by Gasteiger charge is -2.10. The Hall–Kier alpha value is -1.97. The predicted molar refractivity (Wildman–Crippen MR) is 73.2 cm³/mol. The van der Waals surface area contributed by atoms with Gasteiger partial charge in [0.2, 0.25) is 0 Å². The fourth-order valence-electron chi connectivity index (χ4n) is 1.48. The van der Waals surface area contributed by atoms with Gasteiger partial charge in [0.05, 0.1) is 11.3 Å². The Bertz CT molecular complexity index is 729. The third kappa shape index (κ3) is 2.95. The van der Waals surface area contributed by atoms with Crippen LogP contribution in [0.4, 0.5) is 10.1 Å². The van der Waals surface area contributed by atoms with E-state index < -0.39 is 21.7 Å². The predicted octanol–water partition coefficient (Wildman–Crippen LogP) is 1.29. The lowest BCUT2D eigenvalue weighted by Crippen LogP contribution is -2.31. The quantitative estimate of drug-likeness (QED) is 0.449. The average Bonchev–Trinajstić information content (AvgIpc) is 2.94. The molecule has 0 bridgehead atoms. The number of hydrogen-bond donors (Lipinski definition) is 3. The summed E-state index contributed by atoms with van der Waals surface area (Å²) in [5, 5.41) is 1.60. The summed E-state index contributed by atoms with van der Waals surface area (Å²) in [4.78, 5) is 11.5. The van der Waals surface area contributed by atoms with Crippen molar-refractivity contribution in [2.75, 3.05) is 4.72 Å². The van der Waals surface area contributed by atoms with E-state index >= 15 is 0 Å². The maximum atomic E-state index is 13.2. The van der Waals surface area contributed by atoms with Crippen molar-refractivity contribution in [3.8, 4) is 0 Å². The lowest BCUT2D eigenvalue weighted by atomic mass is 10.1. The van der Waals surface area contributed by atoms with E-state index in [9.17, 15) is 17.6 Å². The standard InChI is InChI=1S/C11H10FN3O3S2/c12-7-3-4-9(8(6-7)11(16)14-13)15-20(17,18)10-2-1-5-19-10/h1-6,15H,13H2,(H,14,16). The number of nitrogens with one attached hydrogen (secondary N) is 2. The van der Waals surface area contributed by atoms with Gasteiger partial charge in [0.1, 0.15) is 10.0 Å². The molecule has 0 aliphatic heterocycles. The monoisotopic (exact) mass is 315 g/mol. The van der Waals surface area contributed by atoms with Crippen LogP contribution in [0.3, 0.4) is 0 Å². The van der Waals surface area contributed by atoms with Crippen LogP contribution < -0.4 is 16.0 Å². The van der Waals surface area contributed by atoms with E-state index in [0.29, 0.717) is 0 Å². The third-order valence-corrected chi connectivity index (χ3v) is 5.12. The molecule has 0 aliphatic carbocycles. The molecule has 1 aromatic heterocycles. The summed E-state index contributed by atoms with van der Waals surface area (Å²) < 4.78 is 39.6. The number of rotatable bonds is 4. The fraction of sp³-hybridized carbons (Fsp3) is 0. The van der Waals surface area contributed by atoms with Crippen molar-refractivity contribution in [3.63, 3.8) is 0 Å². The molecule has 106 valence electrons. The van der Waals surface area contributed by atoms with Crippen molar-refractivity contribution < 1.29 is 17.6 Å². The minimum Gasteiger partial charge on any atom is -0.290 e. The Balaban J connectivity index is 2.42. The molecule has 2 aromatic rings. The Kier molecular flexibility index (Phi) is 4.02. The first-order chi connectivity index (χ1) is 9.44. The highest BCUT2D eigenvalue weighted by atomic mass is 32.2. The molecular formula is C11H10FN3O3S2. The summed E-state index contributed by atoms with van der Waals surface area (Å²) in [6.07, 6.45) is 0. The van der Waals surface area contributed by atoms with Gasteiger partial charge in [-0.15, -0.1) is 11.3 Å². The van der Waals surface area contributed by atoms with Crippen LogP contribution >= 0.6 is 11.3 Å². The van der Waals surface area contributed by atoms with Gasteiger partial charge in [0.25, 0.3) is 15.9 Å². The second-order valence-electron chi connectivity index (χ2n) is 3.70. The highest BCUT2D eigenvalue weighted by molar-refractivity contribution is 7.94. The number of amides is 1. The van der Waals surface area contributed by atoms with Gasteiger partial charge in [0.15, 0.2) is 0 Å². The van der Waals surface area contributed by atoms with E-state index in [4.69, 9.17) is 5.84 Å². The summed E-state index contributed by atoms with van der Waals surface area (Å²) in [7, 11) is -3.82. The van der Waals surface area contributed by atoms with Gasteiger partial charge >= 0.3 is 0 Å².